The first-order valence-corrected chi connectivity index (χ1v) is 9.32. The molecule has 1 aliphatic heterocycles. The molecule has 4 rings (SSSR count). The second-order valence-corrected chi connectivity index (χ2v) is 7.47. The molecule has 27 heavy (non-hydrogen) atoms. The van der Waals surface area contributed by atoms with E-state index in [-0.39, 0.29) is 11.8 Å². The summed E-state index contributed by atoms with van der Waals surface area (Å²) in [4.78, 5) is 18.8. The van der Waals surface area contributed by atoms with E-state index in [1.54, 1.807) is 4.90 Å². The Kier molecular flexibility index (Phi) is 4.52. The molecule has 1 fully saturated rings. The van der Waals surface area contributed by atoms with Crippen LogP contribution in [-0.4, -0.2) is 22.6 Å². The van der Waals surface area contributed by atoms with Gasteiger partial charge >= 0.3 is 0 Å². The van der Waals surface area contributed by atoms with Crippen LogP contribution < -0.4 is 4.90 Å². The van der Waals surface area contributed by atoms with Crippen LogP contribution in [0.25, 0.3) is 11.4 Å². The summed E-state index contributed by atoms with van der Waals surface area (Å²) in [6.45, 7) is 6.93. The number of hydrogen-bond donors (Lipinski definition) is 0. The lowest BCUT2D eigenvalue weighted by Gasteiger charge is -2.16. The molecule has 0 N–H and O–H groups in total. The van der Waals surface area contributed by atoms with Crippen LogP contribution in [0.15, 0.2) is 53.1 Å². The van der Waals surface area contributed by atoms with Crippen molar-refractivity contribution in [2.75, 3.05) is 11.4 Å². The zero-order valence-corrected chi connectivity index (χ0v) is 15.8. The molecule has 0 radical (unpaired) electrons. The molecule has 1 saturated heterocycles. The van der Waals surface area contributed by atoms with E-state index in [1.165, 1.54) is 11.1 Å². The van der Waals surface area contributed by atoms with E-state index in [1.807, 2.05) is 43.3 Å². The molecule has 5 nitrogen and oxygen atoms in total. The van der Waals surface area contributed by atoms with E-state index >= 15 is 0 Å². The highest BCUT2D eigenvalue weighted by molar-refractivity contribution is 5.96. The Balaban J connectivity index is 1.52. The Hall–Kier alpha value is -2.95. The van der Waals surface area contributed by atoms with E-state index in [9.17, 15) is 4.79 Å². The minimum atomic E-state index is -0.0741. The molecule has 1 aliphatic rings. The first-order valence-electron chi connectivity index (χ1n) is 9.32. The SMILES string of the molecule is Cc1ccc(N2C[C@@H](c3nc(-c4ccc(C(C)C)cc4)no3)CC2=O)cc1. The molecule has 0 aliphatic carbocycles. The quantitative estimate of drug-likeness (QED) is 0.676. The van der Waals surface area contributed by atoms with Crippen molar-refractivity contribution in [2.45, 2.75) is 39.0 Å². The van der Waals surface area contributed by atoms with Gasteiger partial charge in [-0.1, -0.05) is 61.0 Å². The van der Waals surface area contributed by atoms with Gasteiger partial charge in [-0.15, -0.1) is 0 Å². The maximum Gasteiger partial charge on any atom is 0.232 e. The highest BCUT2D eigenvalue weighted by Crippen LogP contribution is 2.32. The van der Waals surface area contributed by atoms with Gasteiger partial charge in [0.25, 0.3) is 0 Å². The molecule has 1 atom stereocenters. The number of aromatic nitrogens is 2. The predicted octanol–water partition coefficient (Wildman–Crippen LogP) is 4.69. The van der Waals surface area contributed by atoms with Crippen LogP contribution in [0.1, 0.15) is 49.1 Å². The van der Waals surface area contributed by atoms with Gasteiger partial charge in [0, 0.05) is 24.2 Å². The molecular weight excluding hydrogens is 338 g/mol. The maximum absolute atomic E-state index is 12.5. The Labute approximate surface area is 159 Å². The zero-order chi connectivity index (χ0) is 19.0. The van der Waals surface area contributed by atoms with Crippen LogP contribution in [0.5, 0.6) is 0 Å². The molecule has 5 heteroatoms. The summed E-state index contributed by atoms with van der Waals surface area (Å²) in [5.74, 6) is 1.60. The van der Waals surface area contributed by atoms with E-state index in [4.69, 9.17) is 4.52 Å². The van der Waals surface area contributed by atoms with Crippen molar-refractivity contribution < 1.29 is 9.32 Å². The maximum atomic E-state index is 12.5. The van der Waals surface area contributed by atoms with E-state index in [0.717, 1.165) is 11.3 Å². The number of anilines is 1. The van der Waals surface area contributed by atoms with E-state index in [0.29, 0.717) is 30.6 Å². The molecular formula is C22H23N3O2. The number of carbonyl (C=O) groups excluding carboxylic acids is 1. The third-order valence-electron chi connectivity index (χ3n) is 5.10. The summed E-state index contributed by atoms with van der Waals surface area (Å²) in [5, 5.41) is 4.12. The fourth-order valence-electron chi connectivity index (χ4n) is 3.38. The van der Waals surface area contributed by atoms with Gasteiger partial charge in [-0.2, -0.15) is 4.98 Å². The van der Waals surface area contributed by atoms with Crippen LogP contribution in [0, 0.1) is 6.92 Å². The summed E-state index contributed by atoms with van der Waals surface area (Å²) < 4.78 is 5.49. The van der Waals surface area contributed by atoms with Gasteiger partial charge in [-0.25, -0.2) is 0 Å². The molecule has 138 valence electrons. The Bertz CT molecular complexity index is 942. The Morgan fingerprint density at radius 2 is 1.78 bits per heavy atom. The number of aryl methyl sites for hydroxylation is 1. The smallest absolute Gasteiger partial charge is 0.232 e. The minimum Gasteiger partial charge on any atom is -0.339 e. The van der Waals surface area contributed by atoms with Gasteiger partial charge in [0.1, 0.15) is 0 Å². The van der Waals surface area contributed by atoms with Crippen molar-refractivity contribution in [1.29, 1.82) is 0 Å². The first kappa shape index (κ1) is 17.5. The van der Waals surface area contributed by atoms with Gasteiger partial charge in [-0.05, 0) is 30.5 Å². The fourth-order valence-corrected chi connectivity index (χ4v) is 3.38. The molecule has 0 saturated carbocycles. The first-order chi connectivity index (χ1) is 13.0. The lowest BCUT2D eigenvalue weighted by molar-refractivity contribution is -0.117. The molecule has 2 aromatic carbocycles. The Morgan fingerprint density at radius 1 is 1.07 bits per heavy atom. The molecule has 1 amide bonds. The summed E-state index contributed by atoms with van der Waals surface area (Å²) >= 11 is 0. The van der Waals surface area contributed by atoms with Crippen molar-refractivity contribution in [3.8, 4) is 11.4 Å². The zero-order valence-electron chi connectivity index (χ0n) is 15.8. The normalized spacial score (nSPS) is 17.1. The van der Waals surface area contributed by atoms with Crippen molar-refractivity contribution in [3.63, 3.8) is 0 Å². The van der Waals surface area contributed by atoms with Gasteiger partial charge in [0.05, 0.1) is 5.92 Å². The van der Waals surface area contributed by atoms with Crippen LogP contribution in [0.4, 0.5) is 5.69 Å². The predicted molar refractivity (Wildman–Crippen MR) is 105 cm³/mol. The summed E-state index contributed by atoms with van der Waals surface area (Å²) in [6, 6.07) is 16.2. The second-order valence-electron chi connectivity index (χ2n) is 7.47. The average molecular weight is 361 g/mol. The van der Waals surface area contributed by atoms with Gasteiger partial charge < -0.3 is 9.42 Å². The minimum absolute atomic E-state index is 0.0741. The van der Waals surface area contributed by atoms with Gasteiger partial charge in [-0.3, -0.25) is 4.79 Å². The van der Waals surface area contributed by atoms with E-state index < -0.39 is 0 Å². The summed E-state index contributed by atoms with van der Waals surface area (Å²) in [6.07, 6.45) is 0.391. The lowest BCUT2D eigenvalue weighted by atomic mass is 10.0. The van der Waals surface area contributed by atoms with Crippen molar-refractivity contribution in [1.82, 2.24) is 10.1 Å². The van der Waals surface area contributed by atoms with Crippen LogP contribution in [-0.2, 0) is 4.79 Å². The second kappa shape index (κ2) is 6.99. The third kappa shape index (κ3) is 3.50. The van der Waals surface area contributed by atoms with Crippen LogP contribution in [0.2, 0.25) is 0 Å². The van der Waals surface area contributed by atoms with Crippen LogP contribution >= 0.6 is 0 Å². The van der Waals surface area contributed by atoms with E-state index in [2.05, 4.69) is 36.1 Å². The highest BCUT2D eigenvalue weighted by atomic mass is 16.5. The van der Waals surface area contributed by atoms with Gasteiger partial charge in [0.2, 0.25) is 17.6 Å². The summed E-state index contributed by atoms with van der Waals surface area (Å²) in [7, 11) is 0. The number of rotatable bonds is 4. The number of nitrogens with zero attached hydrogens (tertiary/aromatic N) is 3. The van der Waals surface area contributed by atoms with Gasteiger partial charge in [0.15, 0.2) is 0 Å². The van der Waals surface area contributed by atoms with Crippen molar-refractivity contribution >= 4 is 11.6 Å². The van der Waals surface area contributed by atoms with Crippen molar-refractivity contribution in [2.24, 2.45) is 0 Å². The summed E-state index contributed by atoms with van der Waals surface area (Å²) in [5.41, 5.74) is 4.29. The van der Waals surface area contributed by atoms with Crippen molar-refractivity contribution in [3.05, 3.63) is 65.5 Å². The molecule has 2 heterocycles. The molecule has 0 spiro atoms. The third-order valence-corrected chi connectivity index (χ3v) is 5.10. The number of carbonyl (C=O) groups is 1. The molecule has 1 aromatic heterocycles. The molecule has 0 unspecified atom stereocenters. The molecule has 3 aromatic rings. The monoisotopic (exact) mass is 361 g/mol. The number of amides is 1. The number of benzene rings is 2. The topological polar surface area (TPSA) is 59.2 Å². The average Bonchev–Trinajstić information content (AvgIpc) is 3.29. The lowest BCUT2D eigenvalue weighted by Crippen LogP contribution is -2.24. The fraction of sp³-hybridized carbons (Fsp3) is 0.318. The standard InChI is InChI=1S/C22H23N3O2/c1-14(2)16-6-8-17(9-7-16)21-23-22(27-24-21)18-12-20(26)25(13-18)19-10-4-15(3)5-11-19/h4-11,14,18H,12-13H2,1-3H3/t18-/m0/s1. The molecule has 0 bridgehead atoms. The van der Waals surface area contributed by atoms with Crippen LogP contribution in [0.3, 0.4) is 0 Å². The highest BCUT2D eigenvalue weighted by Gasteiger charge is 2.35. The number of hydrogen-bond acceptors (Lipinski definition) is 4. The largest absolute Gasteiger partial charge is 0.339 e. The Morgan fingerprint density at radius 3 is 2.44 bits per heavy atom.